The van der Waals surface area contributed by atoms with E-state index >= 15 is 0 Å². The van der Waals surface area contributed by atoms with Crippen LogP contribution in [-0.2, 0) is 16.6 Å². The topological polar surface area (TPSA) is 58.2 Å². The molecule has 0 aliphatic rings. The van der Waals surface area contributed by atoms with Crippen LogP contribution >= 0.6 is 38.9 Å². The summed E-state index contributed by atoms with van der Waals surface area (Å²) in [5.74, 6) is -0.690. The lowest BCUT2D eigenvalue weighted by molar-refractivity contribution is 0.598. The molecule has 1 aromatic heterocycles. The molecule has 0 saturated carbocycles. The number of rotatable bonds is 5. The Morgan fingerprint density at radius 1 is 1.38 bits per heavy atom. The van der Waals surface area contributed by atoms with E-state index < -0.39 is 15.8 Å². The van der Waals surface area contributed by atoms with Crippen molar-refractivity contribution in [2.75, 3.05) is 11.8 Å². The molecule has 21 heavy (non-hydrogen) atoms. The minimum Gasteiger partial charge on any atom is -0.315 e. The van der Waals surface area contributed by atoms with Crippen molar-refractivity contribution in [3.05, 3.63) is 43.8 Å². The summed E-state index contributed by atoms with van der Waals surface area (Å²) in [5.41, 5.74) is -0.184. The van der Waals surface area contributed by atoms with Crippen molar-refractivity contribution < 1.29 is 12.8 Å². The summed E-state index contributed by atoms with van der Waals surface area (Å²) < 4.78 is 41.0. The molecule has 1 aromatic carbocycles. The van der Waals surface area contributed by atoms with Gasteiger partial charge in [0.25, 0.3) is 10.0 Å². The van der Waals surface area contributed by atoms with Crippen molar-refractivity contribution in [2.24, 2.45) is 0 Å². The molecule has 0 aliphatic carbocycles. The molecular weight excluding hydrogens is 403 g/mol. The molecule has 2 rings (SSSR count). The van der Waals surface area contributed by atoms with Gasteiger partial charge in [-0.25, -0.2) is 12.8 Å². The van der Waals surface area contributed by atoms with E-state index in [9.17, 15) is 12.8 Å². The fraction of sp³-hybridized carbons (Fsp3) is 0.167. The maximum Gasteiger partial charge on any atom is 0.263 e. The number of hydrogen-bond donors (Lipinski definition) is 2. The van der Waals surface area contributed by atoms with Gasteiger partial charge in [-0.3, -0.25) is 4.72 Å². The Morgan fingerprint density at radius 3 is 2.76 bits per heavy atom. The second-order valence-corrected chi connectivity index (χ2v) is 8.65. The van der Waals surface area contributed by atoms with Crippen LogP contribution in [0.2, 0.25) is 5.02 Å². The molecule has 0 unspecified atom stereocenters. The maximum atomic E-state index is 13.6. The van der Waals surface area contributed by atoms with Gasteiger partial charge in [-0.15, -0.1) is 11.3 Å². The molecule has 0 fully saturated rings. The van der Waals surface area contributed by atoms with Crippen molar-refractivity contribution >= 4 is 54.6 Å². The lowest BCUT2D eigenvalue weighted by atomic mass is 10.3. The van der Waals surface area contributed by atoms with Crippen LogP contribution in [0.25, 0.3) is 0 Å². The number of anilines is 1. The molecule has 0 saturated heterocycles. The molecular formula is C12H11BrClFN2O2S2. The van der Waals surface area contributed by atoms with E-state index in [0.29, 0.717) is 10.3 Å². The van der Waals surface area contributed by atoms with E-state index in [1.807, 2.05) is 0 Å². The molecule has 0 spiro atoms. The molecule has 2 aromatic rings. The summed E-state index contributed by atoms with van der Waals surface area (Å²) >= 11 is 10.3. The van der Waals surface area contributed by atoms with Crippen LogP contribution in [-0.4, -0.2) is 15.5 Å². The summed E-state index contributed by atoms with van der Waals surface area (Å²) in [4.78, 5) is 0.911. The smallest absolute Gasteiger partial charge is 0.263 e. The third kappa shape index (κ3) is 3.95. The van der Waals surface area contributed by atoms with Gasteiger partial charge in [-0.2, -0.15) is 0 Å². The van der Waals surface area contributed by atoms with Crippen LogP contribution in [0, 0.1) is 5.82 Å². The predicted molar refractivity (Wildman–Crippen MR) is 87.0 cm³/mol. The minimum atomic E-state index is -3.89. The van der Waals surface area contributed by atoms with E-state index in [2.05, 4.69) is 26.0 Å². The molecule has 114 valence electrons. The number of sulfonamides is 1. The summed E-state index contributed by atoms with van der Waals surface area (Å²) in [7, 11) is -2.13. The second kappa shape index (κ2) is 6.62. The molecule has 0 amide bonds. The minimum absolute atomic E-state index is 0.0668. The van der Waals surface area contributed by atoms with Crippen LogP contribution in [0.4, 0.5) is 10.1 Å². The first-order valence-corrected chi connectivity index (χ1v) is 9.21. The van der Waals surface area contributed by atoms with Crippen LogP contribution in [0.1, 0.15) is 4.88 Å². The van der Waals surface area contributed by atoms with Crippen molar-refractivity contribution in [2.45, 2.75) is 11.4 Å². The average molecular weight is 414 g/mol. The zero-order valence-electron chi connectivity index (χ0n) is 10.8. The van der Waals surface area contributed by atoms with E-state index in [1.54, 1.807) is 7.05 Å². The quantitative estimate of drug-likeness (QED) is 0.783. The highest BCUT2D eigenvalue weighted by molar-refractivity contribution is 9.11. The SMILES string of the molecule is CNCc1cc(S(=O)(=O)Nc2cc(Cl)ccc2F)c(Br)s1. The number of hydrogen-bond acceptors (Lipinski definition) is 4. The van der Waals surface area contributed by atoms with Gasteiger partial charge in [-0.05, 0) is 47.2 Å². The molecule has 0 radical (unpaired) electrons. The first kappa shape index (κ1) is 16.7. The van der Waals surface area contributed by atoms with Gasteiger partial charge in [0.05, 0.1) is 9.47 Å². The molecule has 0 aliphatic heterocycles. The zero-order valence-corrected chi connectivity index (χ0v) is 14.8. The van der Waals surface area contributed by atoms with Crippen molar-refractivity contribution in [1.82, 2.24) is 5.32 Å². The standard InChI is InChI=1S/C12H11BrClFN2O2S2/c1-16-6-8-5-11(12(13)20-8)21(18,19)17-10-4-7(14)2-3-9(10)15/h2-5,16-17H,6H2,1H3. The highest BCUT2D eigenvalue weighted by Gasteiger charge is 2.22. The average Bonchev–Trinajstić information content (AvgIpc) is 2.76. The Balaban J connectivity index is 2.36. The van der Waals surface area contributed by atoms with E-state index in [-0.39, 0.29) is 15.6 Å². The van der Waals surface area contributed by atoms with Gasteiger partial charge >= 0.3 is 0 Å². The van der Waals surface area contributed by atoms with Crippen LogP contribution < -0.4 is 10.0 Å². The first-order chi connectivity index (χ1) is 9.83. The van der Waals surface area contributed by atoms with Crippen LogP contribution in [0.5, 0.6) is 0 Å². The van der Waals surface area contributed by atoms with Gasteiger partial charge in [0.15, 0.2) is 0 Å². The van der Waals surface area contributed by atoms with Crippen LogP contribution in [0.15, 0.2) is 32.9 Å². The number of thiophene rings is 1. The first-order valence-electron chi connectivity index (χ1n) is 5.74. The fourth-order valence-corrected chi connectivity index (χ4v) is 5.54. The van der Waals surface area contributed by atoms with Gasteiger partial charge in [0.2, 0.25) is 0 Å². The molecule has 1 heterocycles. The van der Waals surface area contributed by atoms with Gasteiger partial charge < -0.3 is 5.32 Å². The monoisotopic (exact) mass is 412 g/mol. The number of benzene rings is 1. The van der Waals surface area contributed by atoms with Crippen molar-refractivity contribution in [1.29, 1.82) is 0 Å². The lowest BCUT2D eigenvalue weighted by Gasteiger charge is -2.08. The second-order valence-electron chi connectivity index (χ2n) is 4.11. The fourth-order valence-electron chi connectivity index (χ4n) is 1.62. The van der Waals surface area contributed by atoms with Crippen molar-refractivity contribution in [3.63, 3.8) is 0 Å². The highest BCUT2D eigenvalue weighted by Crippen LogP contribution is 2.33. The summed E-state index contributed by atoms with van der Waals surface area (Å²) in [6.45, 7) is 0.546. The van der Waals surface area contributed by atoms with Gasteiger partial charge in [-0.1, -0.05) is 11.6 Å². The molecule has 9 heteroatoms. The molecule has 2 N–H and O–H groups in total. The molecule has 0 bridgehead atoms. The lowest BCUT2D eigenvalue weighted by Crippen LogP contribution is -2.13. The third-order valence-corrected chi connectivity index (χ3v) is 6.37. The molecule has 0 atom stereocenters. The third-order valence-electron chi connectivity index (χ3n) is 2.52. The maximum absolute atomic E-state index is 13.6. The zero-order chi connectivity index (χ0) is 15.6. The Bertz CT molecular complexity index is 765. The van der Waals surface area contributed by atoms with E-state index in [4.69, 9.17) is 11.6 Å². The Labute approximate surface area is 139 Å². The highest BCUT2D eigenvalue weighted by atomic mass is 79.9. The van der Waals surface area contributed by atoms with Gasteiger partial charge in [0.1, 0.15) is 10.7 Å². The summed E-state index contributed by atoms with van der Waals surface area (Å²) in [6, 6.07) is 5.22. The normalized spacial score (nSPS) is 11.6. The number of halogens is 3. The molecule has 4 nitrogen and oxygen atoms in total. The van der Waals surface area contributed by atoms with E-state index in [1.165, 1.54) is 29.5 Å². The number of nitrogens with one attached hydrogen (secondary N) is 2. The summed E-state index contributed by atoms with van der Waals surface area (Å²) in [5, 5.41) is 3.18. The summed E-state index contributed by atoms with van der Waals surface area (Å²) in [6.07, 6.45) is 0. The van der Waals surface area contributed by atoms with Crippen LogP contribution in [0.3, 0.4) is 0 Å². The van der Waals surface area contributed by atoms with Gasteiger partial charge in [0, 0.05) is 16.4 Å². The van der Waals surface area contributed by atoms with Crippen molar-refractivity contribution in [3.8, 4) is 0 Å². The van der Waals surface area contributed by atoms with E-state index in [0.717, 1.165) is 10.9 Å². The predicted octanol–water partition coefficient (Wildman–Crippen LogP) is 3.82. The Kier molecular flexibility index (Phi) is 5.26. The Morgan fingerprint density at radius 2 is 2.10 bits per heavy atom. The Hall–Kier alpha value is -0.670. The largest absolute Gasteiger partial charge is 0.315 e.